The Balaban J connectivity index is 1.79. The maximum atomic E-state index is 14.1. The van der Waals surface area contributed by atoms with Crippen LogP contribution in [0.1, 0.15) is 24.8 Å². The fourth-order valence-electron chi connectivity index (χ4n) is 2.55. The maximum absolute atomic E-state index is 14.1. The van der Waals surface area contributed by atoms with Crippen LogP contribution in [0.25, 0.3) is 11.1 Å². The molecule has 0 N–H and O–H groups in total. The highest BCUT2D eigenvalue weighted by molar-refractivity contribution is 5.66. The van der Waals surface area contributed by atoms with Gasteiger partial charge < -0.3 is 9.47 Å². The molecule has 1 aliphatic heterocycles. The van der Waals surface area contributed by atoms with Crippen LogP contribution in [0.5, 0.6) is 5.75 Å². The predicted molar refractivity (Wildman–Crippen MR) is 83.9 cm³/mol. The Morgan fingerprint density at radius 1 is 1.04 bits per heavy atom. The summed E-state index contributed by atoms with van der Waals surface area (Å²) in [5, 5.41) is 0. The standard InChI is InChI=1S/C19H16F2O2/c1-2-13-8-11-16(19(21)18(13)20)14-6-9-15(10-7-14)23-17-5-3-4-12-22-17/h1,6-11,17H,3-5,12H2. The molecule has 0 spiro atoms. The first-order valence-electron chi connectivity index (χ1n) is 7.52. The summed E-state index contributed by atoms with van der Waals surface area (Å²) in [5.41, 5.74) is 0.643. The van der Waals surface area contributed by atoms with E-state index in [4.69, 9.17) is 15.9 Å². The molecular formula is C19H16F2O2. The molecule has 0 radical (unpaired) electrons. The molecule has 4 heteroatoms. The molecule has 1 aliphatic rings. The molecule has 0 aromatic heterocycles. The highest BCUT2D eigenvalue weighted by Gasteiger charge is 2.16. The van der Waals surface area contributed by atoms with Gasteiger partial charge in [0.15, 0.2) is 17.9 Å². The molecule has 3 rings (SSSR count). The van der Waals surface area contributed by atoms with E-state index in [9.17, 15) is 8.78 Å². The molecule has 2 nitrogen and oxygen atoms in total. The molecule has 1 heterocycles. The molecule has 1 atom stereocenters. The second-order valence-electron chi connectivity index (χ2n) is 5.37. The lowest BCUT2D eigenvalue weighted by atomic mass is 10.0. The number of ether oxygens (including phenoxy) is 2. The van der Waals surface area contributed by atoms with E-state index in [1.54, 1.807) is 24.3 Å². The second kappa shape index (κ2) is 6.80. The molecule has 2 aromatic rings. The van der Waals surface area contributed by atoms with Crippen LogP contribution in [-0.4, -0.2) is 12.9 Å². The van der Waals surface area contributed by atoms with Crippen molar-refractivity contribution >= 4 is 0 Å². The van der Waals surface area contributed by atoms with Crippen LogP contribution in [0, 0.1) is 24.0 Å². The zero-order valence-electron chi connectivity index (χ0n) is 12.5. The normalized spacial score (nSPS) is 17.5. The van der Waals surface area contributed by atoms with Gasteiger partial charge in [0.2, 0.25) is 0 Å². The van der Waals surface area contributed by atoms with Crippen molar-refractivity contribution < 1.29 is 18.3 Å². The van der Waals surface area contributed by atoms with Gasteiger partial charge in [0, 0.05) is 12.0 Å². The molecule has 0 saturated carbocycles. The first kappa shape index (κ1) is 15.5. The van der Waals surface area contributed by atoms with Gasteiger partial charge in [-0.3, -0.25) is 0 Å². The Morgan fingerprint density at radius 3 is 2.48 bits per heavy atom. The summed E-state index contributed by atoms with van der Waals surface area (Å²) >= 11 is 0. The van der Waals surface area contributed by atoms with Crippen LogP contribution < -0.4 is 4.74 Å². The summed E-state index contributed by atoms with van der Waals surface area (Å²) < 4.78 is 39.1. The summed E-state index contributed by atoms with van der Waals surface area (Å²) in [4.78, 5) is 0. The number of halogens is 2. The smallest absolute Gasteiger partial charge is 0.199 e. The van der Waals surface area contributed by atoms with Crippen molar-refractivity contribution in [1.82, 2.24) is 0 Å². The average molecular weight is 314 g/mol. The van der Waals surface area contributed by atoms with Crippen molar-refractivity contribution in [2.24, 2.45) is 0 Å². The fourth-order valence-corrected chi connectivity index (χ4v) is 2.55. The van der Waals surface area contributed by atoms with E-state index in [1.807, 2.05) is 0 Å². The topological polar surface area (TPSA) is 18.5 Å². The van der Waals surface area contributed by atoms with Gasteiger partial charge in [0.1, 0.15) is 5.75 Å². The molecule has 118 valence electrons. The van der Waals surface area contributed by atoms with E-state index in [0.717, 1.165) is 19.3 Å². The van der Waals surface area contributed by atoms with Gasteiger partial charge >= 0.3 is 0 Å². The summed E-state index contributed by atoms with van der Waals surface area (Å²) in [6.45, 7) is 0.703. The van der Waals surface area contributed by atoms with Crippen molar-refractivity contribution in [1.29, 1.82) is 0 Å². The molecule has 0 amide bonds. The molecule has 0 bridgehead atoms. The van der Waals surface area contributed by atoms with Gasteiger partial charge in [-0.15, -0.1) is 6.42 Å². The number of hydrogen-bond donors (Lipinski definition) is 0. The van der Waals surface area contributed by atoms with Gasteiger partial charge in [-0.25, -0.2) is 8.78 Å². The van der Waals surface area contributed by atoms with Crippen LogP contribution in [0.4, 0.5) is 8.78 Å². The summed E-state index contributed by atoms with van der Waals surface area (Å²) in [7, 11) is 0. The lowest BCUT2D eigenvalue weighted by Gasteiger charge is -2.23. The molecule has 0 aliphatic carbocycles. The first-order chi connectivity index (χ1) is 11.2. The Bertz CT molecular complexity index is 726. The quantitative estimate of drug-likeness (QED) is 0.776. The van der Waals surface area contributed by atoms with E-state index < -0.39 is 11.6 Å². The number of hydrogen-bond acceptors (Lipinski definition) is 2. The van der Waals surface area contributed by atoms with Crippen LogP contribution in [0.3, 0.4) is 0 Å². The molecule has 1 fully saturated rings. The Hall–Kier alpha value is -2.38. The van der Waals surface area contributed by atoms with Crippen molar-refractivity contribution in [3.63, 3.8) is 0 Å². The summed E-state index contributed by atoms with van der Waals surface area (Å²) in [6.07, 6.45) is 7.88. The van der Waals surface area contributed by atoms with E-state index in [0.29, 0.717) is 17.9 Å². The van der Waals surface area contributed by atoms with Crippen LogP contribution in [0.2, 0.25) is 0 Å². The number of benzene rings is 2. The van der Waals surface area contributed by atoms with Crippen molar-refractivity contribution in [3.8, 4) is 29.2 Å². The third-order valence-corrected chi connectivity index (χ3v) is 3.81. The van der Waals surface area contributed by atoms with Crippen LogP contribution in [0.15, 0.2) is 36.4 Å². The zero-order valence-corrected chi connectivity index (χ0v) is 12.5. The zero-order chi connectivity index (χ0) is 16.2. The lowest BCUT2D eigenvalue weighted by Crippen LogP contribution is -2.24. The first-order valence-corrected chi connectivity index (χ1v) is 7.52. The third-order valence-electron chi connectivity index (χ3n) is 3.81. The molecule has 1 saturated heterocycles. The lowest BCUT2D eigenvalue weighted by molar-refractivity contribution is -0.105. The van der Waals surface area contributed by atoms with Gasteiger partial charge in [0.25, 0.3) is 0 Å². The highest BCUT2D eigenvalue weighted by Crippen LogP contribution is 2.28. The van der Waals surface area contributed by atoms with Crippen molar-refractivity contribution in [3.05, 3.63) is 53.6 Å². The monoisotopic (exact) mass is 314 g/mol. The van der Waals surface area contributed by atoms with Gasteiger partial charge in [0.05, 0.1) is 12.2 Å². The van der Waals surface area contributed by atoms with E-state index in [2.05, 4.69) is 5.92 Å². The van der Waals surface area contributed by atoms with Gasteiger partial charge in [-0.2, -0.15) is 0 Å². The van der Waals surface area contributed by atoms with Gasteiger partial charge in [-0.05, 0) is 42.7 Å². The summed E-state index contributed by atoms with van der Waals surface area (Å²) in [5.74, 6) is 0.822. The minimum absolute atomic E-state index is 0.0827. The SMILES string of the molecule is C#Cc1ccc(-c2ccc(OC3CCCCO3)cc2)c(F)c1F. The Morgan fingerprint density at radius 2 is 1.83 bits per heavy atom. The molecule has 23 heavy (non-hydrogen) atoms. The minimum atomic E-state index is -0.999. The number of terminal acetylenes is 1. The minimum Gasteiger partial charge on any atom is -0.465 e. The number of rotatable bonds is 3. The molecular weight excluding hydrogens is 298 g/mol. The van der Waals surface area contributed by atoms with E-state index >= 15 is 0 Å². The maximum Gasteiger partial charge on any atom is 0.199 e. The Labute approximate surface area is 134 Å². The third kappa shape index (κ3) is 3.35. The molecule has 1 unspecified atom stereocenters. The van der Waals surface area contributed by atoms with E-state index in [1.165, 1.54) is 12.1 Å². The van der Waals surface area contributed by atoms with Crippen molar-refractivity contribution in [2.45, 2.75) is 25.6 Å². The fraction of sp³-hybridized carbons (Fsp3) is 0.263. The van der Waals surface area contributed by atoms with Crippen molar-refractivity contribution in [2.75, 3.05) is 6.61 Å². The largest absolute Gasteiger partial charge is 0.465 e. The Kier molecular flexibility index (Phi) is 4.59. The van der Waals surface area contributed by atoms with Crippen LogP contribution in [-0.2, 0) is 4.74 Å². The molecule has 2 aromatic carbocycles. The van der Waals surface area contributed by atoms with Crippen LogP contribution >= 0.6 is 0 Å². The summed E-state index contributed by atoms with van der Waals surface area (Å²) in [6, 6.07) is 9.69. The second-order valence-corrected chi connectivity index (χ2v) is 5.37. The van der Waals surface area contributed by atoms with Gasteiger partial charge in [-0.1, -0.05) is 18.1 Å². The average Bonchev–Trinajstić information content (AvgIpc) is 2.59. The highest BCUT2D eigenvalue weighted by atomic mass is 19.2. The van der Waals surface area contributed by atoms with E-state index in [-0.39, 0.29) is 17.4 Å². The predicted octanol–water partition coefficient (Wildman–Crippen LogP) is 4.52.